The van der Waals surface area contributed by atoms with Gasteiger partial charge in [0.05, 0.1) is 22.1 Å². The third-order valence-electron chi connectivity index (χ3n) is 6.51. The second-order valence-corrected chi connectivity index (χ2v) is 8.26. The van der Waals surface area contributed by atoms with Gasteiger partial charge < -0.3 is 9.13 Å². The van der Waals surface area contributed by atoms with Gasteiger partial charge in [0, 0.05) is 32.9 Å². The molecule has 158 valence electrons. The minimum absolute atomic E-state index is 0. The average molecular weight is 425 g/mol. The molecule has 0 aliphatic carbocycles. The number of benzene rings is 5. The van der Waals surface area contributed by atoms with Crippen molar-refractivity contribution in [2.75, 3.05) is 0 Å². The summed E-state index contributed by atoms with van der Waals surface area (Å²) in [5.41, 5.74) is 7.26. The third-order valence-corrected chi connectivity index (χ3v) is 6.51. The molecule has 0 amide bonds. The first kappa shape index (κ1) is 19.4. The summed E-state index contributed by atoms with van der Waals surface area (Å²) in [6.07, 6.45) is 0. The van der Waals surface area contributed by atoms with Crippen molar-refractivity contribution in [3.63, 3.8) is 0 Å². The van der Waals surface area contributed by atoms with Crippen molar-refractivity contribution in [1.29, 1.82) is 0 Å². The van der Waals surface area contributed by atoms with Gasteiger partial charge in [-0.15, -0.1) is 0 Å². The molecule has 0 radical (unpaired) electrons. The topological polar surface area (TPSA) is 9.86 Å². The molecule has 0 spiro atoms. The highest BCUT2D eigenvalue weighted by Crippen LogP contribution is 2.35. The van der Waals surface area contributed by atoms with Crippen LogP contribution in [0.2, 0.25) is 0 Å². The van der Waals surface area contributed by atoms with Gasteiger partial charge in [0.2, 0.25) is 0 Å². The average Bonchev–Trinajstić information content (AvgIpc) is 3.37. The molecule has 2 aromatic heterocycles. The Hall–Kier alpha value is -4.30. The first-order valence-electron chi connectivity index (χ1n) is 11.0. The van der Waals surface area contributed by atoms with Crippen LogP contribution in [-0.2, 0) is 0 Å². The first-order chi connectivity index (χ1) is 15.9. The lowest BCUT2D eigenvalue weighted by Crippen LogP contribution is -1.98. The summed E-state index contributed by atoms with van der Waals surface area (Å²) < 4.78 is 4.75. The summed E-state index contributed by atoms with van der Waals surface area (Å²) in [6.45, 7) is 0. The van der Waals surface area contributed by atoms with E-state index in [2.05, 4.69) is 130 Å². The standard InChI is InChI=1S/C30H20N2.CH4/c1-5-16-27-23(12-1)24-13-2-6-17-28(24)31(27)21-10-9-11-22(20-21)32-29-18-7-3-14-25(29)26-15-4-8-19-30(26)32;/h1-20H;1H4. The van der Waals surface area contributed by atoms with E-state index in [4.69, 9.17) is 0 Å². The highest BCUT2D eigenvalue weighted by molar-refractivity contribution is 6.10. The van der Waals surface area contributed by atoms with Crippen molar-refractivity contribution in [3.8, 4) is 11.4 Å². The van der Waals surface area contributed by atoms with Crippen LogP contribution in [0, 0.1) is 0 Å². The predicted molar refractivity (Wildman–Crippen MR) is 142 cm³/mol. The largest absolute Gasteiger partial charge is 0.309 e. The van der Waals surface area contributed by atoms with Gasteiger partial charge in [0.1, 0.15) is 0 Å². The van der Waals surface area contributed by atoms with Crippen molar-refractivity contribution in [3.05, 3.63) is 121 Å². The Morgan fingerprint density at radius 3 is 0.970 bits per heavy atom. The molecule has 0 aliphatic rings. The number of hydrogen-bond donors (Lipinski definition) is 0. The summed E-state index contributed by atoms with van der Waals surface area (Å²) in [5, 5.41) is 5.13. The van der Waals surface area contributed by atoms with Gasteiger partial charge in [-0.05, 0) is 42.5 Å². The lowest BCUT2D eigenvalue weighted by molar-refractivity contribution is 1.13. The van der Waals surface area contributed by atoms with E-state index >= 15 is 0 Å². The Morgan fingerprint density at radius 1 is 0.333 bits per heavy atom. The van der Waals surface area contributed by atoms with Gasteiger partial charge in [-0.25, -0.2) is 0 Å². The number of fused-ring (bicyclic) bond motifs is 6. The fraction of sp³-hybridized carbons (Fsp3) is 0.0323. The zero-order chi connectivity index (χ0) is 21.1. The maximum absolute atomic E-state index is 2.38. The summed E-state index contributed by atoms with van der Waals surface area (Å²) in [7, 11) is 0. The zero-order valence-electron chi connectivity index (χ0n) is 17.4. The van der Waals surface area contributed by atoms with Crippen LogP contribution < -0.4 is 0 Å². The van der Waals surface area contributed by atoms with Crippen LogP contribution in [0.3, 0.4) is 0 Å². The fourth-order valence-electron chi connectivity index (χ4n) is 5.17. The fourth-order valence-corrected chi connectivity index (χ4v) is 5.17. The van der Waals surface area contributed by atoms with E-state index in [9.17, 15) is 0 Å². The van der Waals surface area contributed by atoms with Crippen molar-refractivity contribution < 1.29 is 0 Å². The van der Waals surface area contributed by atoms with Crippen LogP contribution in [0.4, 0.5) is 0 Å². The monoisotopic (exact) mass is 424 g/mol. The van der Waals surface area contributed by atoms with Crippen LogP contribution in [0.1, 0.15) is 7.43 Å². The predicted octanol–water partition coefficient (Wildman–Crippen LogP) is 8.52. The van der Waals surface area contributed by atoms with Gasteiger partial charge in [-0.1, -0.05) is 86.3 Å². The maximum atomic E-state index is 2.38. The van der Waals surface area contributed by atoms with Crippen molar-refractivity contribution in [1.82, 2.24) is 9.13 Å². The molecule has 0 N–H and O–H groups in total. The van der Waals surface area contributed by atoms with E-state index < -0.39 is 0 Å². The third kappa shape index (κ3) is 2.74. The van der Waals surface area contributed by atoms with Gasteiger partial charge in [-0.2, -0.15) is 0 Å². The van der Waals surface area contributed by atoms with E-state index in [1.165, 1.54) is 55.0 Å². The zero-order valence-corrected chi connectivity index (χ0v) is 17.4. The quantitative estimate of drug-likeness (QED) is 0.263. The van der Waals surface area contributed by atoms with Gasteiger partial charge in [-0.3, -0.25) is 0 Å². The Balaban J connectivity index is 0.00000206. The number of para-hydroxylation sites is 4. The Bertz CT molecular complexity index is 1550. The first-order valence-corrected chi connectivity index (χ1v) is 11.0. The van der Waals surface area contributed by atoms with Crippen LogP contribution in [0.25, 0.3) is 55.0 Å². The molecular weight excluding hydrogens is 400 g/mol. The Labute approximate surface area is 192 Å². The highest BCUT2D eigenvalue weighted by Gasteiger charge is 2.14. The van der Waals surface area contributed by atoms with E-state index in [1.54, 1.807) is 0 Å². The normalized spacial score (nSPS) is 11.4. The molecule has 0 atom stereocenters. The van der Waals surface area contributed by atoms with Gasteiger partial charge >= 0.3 is 0 Å². The van der Waals surface area contributed by atoms with Crippen LogP contribution >= 0.6 is 0 Å². The smallest absolute Gasteiger partial charge is 0.0541 e. The molecule has 0 saturated heterocycles. The van der Waals surface area contributed by atoms with E-state index in [0.29, 0.717) is 0 Å². The number of nitrogens with zero attached hydrogens (tertiary/aromatic N) is 2. The minimum Gasteiger partial charge on any atom is -0.309 e. The Morgan fingerprint density at radius 2 is 0.636 bits per heavy atom. The molecule has 0 saturated carbocycles. The molecular formula is C31H24N2. The minimum atomic E-state index is 0. The lowest BCUT2D eigenvalue weighted by Gasteiger charge is -2.12. The highest BCUT2D eigenvalue weighted by atomic mass is 15.0. The second-order valence-electron chi connectivity index (χ2n) is 8.26. The molecule has 7 rings (SSSR count). The van der Waals surface area contributed by atoms with Crippen molar-refractivity contribution >= 4 is 43.6 Å². The number of aromatic nitrogens is 2. The lowest BCUT2D eigenvalue weighted by atomic mass is 10.2. The van der Waals surface area contributed by atoms with E-state index in [0.717, 1.165) is 0 Å². The molecule has 0 fully saturated rings. The molecule has 0 bridgehead atoms. The second kappa shape index (κ2) is 7.39. The van der Waals surface area contributed by atoms with Crippen LogP contribution in [0.5, 0.6) is 0 Å². The molecule has 0 aliphatic heterocycles. The molecule has 2 heterocycles. The summed E-state index contributed by atoms with van der Waals surface area (Å²) in [5.74, 6) is 0. The van der Waals surface area contributed by atoms with Gasteiger partial charge in [0.15, 0.2) is 0 Å². The summed E-state index contributed by atoms with van der Waals surface area (Å²) in [6, 6.07) is 43.5. The Kier molecular flexibility index (Phi) is 4.34. The number of hydrogen-bond acceptors (Lipinski definition) is 0. The molecule has 33 heavy (non-hydrogen) atoms. The molecule has 2 heteroatoms. The van der Waals surface area contributed by atoms with Gasteiger partial charge in [0.25, 0.3) is 0 Å². The van der Waals surface area contributed by atoms with E-state index in [1.807, 2.05) is 0 Å². The van der Waals surface area contributed by atoms with Crippen molar-refractivity contribution in [2.24, 2.45) is 0 Å². The van der Waals surface area contributed by atoms with Crippen molar-refractivity contribution in [2.45, 2.75) is 7.43 Å². The number of rotatable bonds is 2. The SMILES string of the molecule is C.c1cc(-n2c3ccccc3c3ccccc32)cc(-n2c3ccccc3c3ccccc32)c1. The molecule has 2 nitrogen and oxygen atoms in total. The van der Waals surface area contributed by atoms with E-state index in [-0.39, 0.29) is 7.43 Å². The molecule has 5 aromatic carbocycles. The molecule has 7 aromatic rings. The maximum Gasteiger partial charge on any atom is 0.0541 e. The van der Waals surface area contributed by atoms with Crippen LogP contribution in [0.15, 0.2) is 121 Å². The molecule has 0 unspecified atom stereocenters. The summed E-state index contributed by atoms with van der Waals surface area (Å²) in [4.78, 5) is 0. The summed E-state index contributed by atoms with van der Waals surface area (Å²) >= 11 is 0. The van der Waals surface area contributed by atoms with Crippen LogP contribution in [-0.4, -0.2) is 9.13 Å².